The fourth-order valence-corrected chi connectivity index (χ4v) is 2.62. The van der Waals surface area contributed by atoms with E-state index >= 15 is 0 Å². The summed E-state index contributed by atoms with van der Waals surface area (Å²) in [6, 6.07) is 4.31. The summed E-state index contributed by atoms with van der Waals surface area (Å²) in [5.41, 5.74) is 1.72. The van der Waals surface area contributed by atoms with E-state index in [0.29, 0.717) is 11.7 Å². The van der Waals surface area contributed by atoms with Crippen LogP contribution in [0, 0.1) is 0 Å². The quantitative estimate of drug-likeness (QED) is 0.847. The average molecular weight is 308 g/mol. The van der Waals surface area contributed by atoms with Gasteiger partial charge in [0.2, 0.25) is 0 Å². The van der Waals surface area contributed by atoms with Crippen molar-refractivity contribution in [3.05, 3.63) is 23.5 Å². The number of H-pyrrole nitrogens is 1. The zero-order valence-electron chi connectivity index (χ0n) is 14.1. The molecule has 1 saturated heterocycles. The fourth-order valence-electron chi connectivity index (χ4n) is 2.62. The van der Waals surface area contributed by atoms with Crippen molar-refractivity contribution in [1.82, 2.24) is 19.7 Å². The van der Waals surface area contributed by atoms with E-state index < -0.39 is 0 Å². The van der Waals surface area contributed by atoms with Crippen LogP contribution >= 0.6 is 0 Å². The molecular weight excluding hydrogens is 280 g/mol. The predicted molar refractivity (Wildman–Crippen MR) is 87.0 cm³/mol. The van der Waals surface area contributed by atoms with Crippen LogP contribution in [-0.4, -0.2) is 85.6 Å². The van der Waals surface area contributed by atoms with E-state index in [-0.39, 0.29) is 5.91 Å². The zero-order valence-corrected chi connectivity index (χ0v) is 14.1. The largest absolute Gasteiger partial charge is 0.379 e. The molecule has 0 spiro atoms. The van der Waals surface area contributed by atoms with Crippen LogP contribution in [-0.2, 0) is 11.3 Å². The van der Waals surface area contributed by atoms with Crippen LogP contribution in [0.15, 0.2) is 12.1 Å². The van der Waals surface area contributed by atoms with Crippen LogP contribution in [0.1, 0.15) is 23.1 Å². The molecule has 0 aliphatic carbocycles. The van der Waals surface area contributed by atoms with Crippen molar-refractivity contribution in [2.24, 2.45) is 0 Å². The number of carbonyl (C=O) groups is 1. The molecule has 0 saturated carbocycles. The van der Waals surface area contributed by atoms with Gasteiger partial charge in [-0.3, -0.25) is 14.6 Å². The van der Waals surface area contributed by atoms with E-state index in [1.165, 1.54) is 0 Å². The van der Waals surface area contributed by atoms with Crippen molar-refractivity contribution in [3.8, 4) is 0 Å². The summed E-state index contributed by atoms with van der Waals surface area (Å²) in [4.78, 5) is 21.5. The van der Waals surface area contributed by atoms with Crippen molar-refractivity contribution in [2.45, 2.75) is 19.5 Å². The number of amides is 1. The Balaban J connectivity index is 1.85. The number of aromatic nitrogens is 1. The summed E-state index contributed by atoms with van der Waals surface area (Å²) in [7, 11) is 5.65. The van der Waals surface area contributed by atoms with Gasteiger partial charge in [0.05, 0.1) is 13.2 Å². The molecule has 2 rings (SSSR count). The number of ether oxygens (including phenoxy) is 1. The third-order valence-corrected chi connectivity index (χ3v) is 4.18. The van der Waals surface area contributed by atoms with Crippen LogP contribution in [0.5, 0.6) is 0 Å². The number of hydrogen-bond acceptors (Lipinski definition) is 4. The lowest BCUT2D eigenvalue weighted by Crippen LogP contribution is -2.44. The van der Waals surface area contributed by atoms with E-state index in [9.17, 15) is 4.79 Å². The minimum absolute atomic E-state index is 0.00951. The van der Waals surface area contributed by atoms with Gasteiger partial charge < -0.3 is 14.6 Å². The molecule has 1 fully saturated rings. The molecule has 1 amide bonds. The van der Waals surface area contributed by atoms with Gasteiger partial charge >= 0.3 is 0 Å². The molecule has 0 aromatic carbocycles. The Kier molecular flexibility index (Phi) is 5.99. The summed E-state index contributed by atoms with van der Waals surface area (Å²) in [6.07, 6.45) is 0. The van der Waals surface area contributed by atoms with Crippen molar-refractivity contribution in [1.29, 1.82) is 0 Å². The van der Waals surface area contributed by atoms with Crippen LogP contribution in [0.4, 0.5) is 0 Å². The first kappa shape index (κ1) is 17.0. The van der Waals surface area contributed by atoms with Crippen LogP contribution < -0.4 is 0 Å². The number of carbonyl (C=O) groups excluding carboxylic acids is 1. The molecule has 124 valence electrons. The highest BCUT2D eigenvalue weighted by atomic mass is 16.5. The highest BCUT2D eigenvalue weighted by Crippen LogP contribution is 2.10. The number of morpholine rings is 1. The third-order valence-electron chi connectivity index (χ3n) is 4.18. The van der Waals surface area contributed by atoms with Crippen LogP contribution in [0.25, 0.3) is 0 Å². The van der Waals surface area contributed by atoms with Crippen molar-refractivity contribution < 1.29 is 9.53 Å². The molecule has 0 radical (unpaired) electrons. The Hall–Kier alpha value is -1.37. The molecule has 1 aromatic heterocycles. The fraction of sp³-hybridized carbons (Fsp3) is 0.688. The van der Waals surface area contributed by atoms with E-state index in [2.05, 4.69) is 28.8 Å². The second-order valence-corrected chi connectivity index (χ2v) is 6.27. The summed E-state index contributed by atoms with van der Waals surface area (Å²) in [6.45, 7) is 7.80. The predicted octanol–water partition coefficient (Wildman–Crippen LogP) is 0.869. The summed E-state index contributed by atoms with van der Waals surface area (Å²) < 4.78 is 5.39. The molecule has 1 atom stereocenters. The Bertz CT molecular complexity index is 480. The number of rotatable bonds is 6. The molecule has 1 aliphatic heterocycles. The first-order valence-electron chi connectivity index (χ1n) is 7.87. The van der Waals surface area contributed by atoms with Gasteiger partial charge in [0.15, 0.2) is 0 Å². The summed E-state index contributed by atoms with van der Waals surface area (Å²) >= 11 is 0. The molecular formula is C16H28N4O2. The third kappa shape index (κ3) is 4.56. The number of aromatic amines is 1. The normalized spacial score (nSPS) is 17.7. The van der Waals surface area contributed by atoms with Gasteiger partial charge in [-0.05, 0) is 26.1 Å². The lowest BCUT2D eigenvalue weighted by Gasteiger charge is -2.32. The Morgan fingerprint density at radius 3 is 2.64 bits per heavy atom. The van der Waals surface area contributed by atoms with Gasteiger partial charge in [-0.25, -0.2) is 0 Å². The van der Waals surface area contributed by atoms with Crippen molar-refractivity contribution in [3.63, 3.8) is 0 Å². The Labute approximate surface area is 133 Å². The van der Waals surface area contributed by atoms with E-state index in [4.69, 9.17) is 4.74 Å². The summed E-state index contributed by atoms with van der Waals surface area (Å²) in [5.74, 6) is 0.00951. The number of hydrogen-bond donors (Lipinski definition) is 1. The van der Waals surface area contributed by atoms with Crippen molar-refractivity contribution >= 4 is 5.91 Å². The maximum atomic E-state index is 11.9. The minimum Gasteiger partial charge on any atom is -0.379 e. The van der Waals surface area contributed by atoms with Gasteiger partial charge in [0.1, 0.15) is 5.69 Å². The monoisotopic (exact) mass is 308 g/mol. The summed E-state index contributed by atoms with van der Waals surface area (Å²) in [5, 5.41) is 0. The highest BCUT2D eigenvalue weighted by Gasteiger charge is 2.18. The first-order valence-corrected chi connectivity index (χ1v) is 7.87. The molecule has 1 aliphatic rings. The zero-order chi connectivity index (χ0) is 16.1. The topological polar surface area (TPSA) is 51.8 Å². The smallest absolute Gasteiger partial charge is 0.269 e. The van der Waals surface area contributed by atoms with E-state index in [1.54, 1.807) is 19.0 Å². The lowest BCUT2D eigenvalue weighted by molar-refractivity contribution is 0.0261. The second-order valence-electron chi connectivity index (χ2n) is 6.27. The molecule has 1 N–H and O–H groups in total. The van der Waals surface area contributed by atoms with Crippen LogP contribution in [0.3, 0.4) is 0 Å². The highest BCUT2D eigenvalue weighted by molar-refractivity contribution is 5.92. The Morgan fingerprint density at radius 1 is 1.32 bits per heavy atom. The van der Waals surface area contributed by atoms with Gasteiger partial charge in [-0.2, -0.15) is 0 Å². The molecule has 6 heteroatoms. The molecule has 22 heavy (non-hydrogen) atoms. The number of nitrogens with zero attached hydrogens (tertiary/aromatic N) is 3. The number of likely N-dealkylation sites (N-methyl/N-ethyl adjacent to an activating group) is 1. The van der Waals surface area contributed by atoms with Gasteiger partial charge in [0, 0.05) is 52.0 Å². The average Bonchev–Trinajstić information content (AvgIpc) is 2.95. The van der Waals surface area contributed by atoms with Crippen molar-refractivity contribution in [2.75, 3.05) is 54.0 Å². The van der Waals surface area contributed by atoms with E-state index in [0.717, 1.165) is 45.1 Å². The second kappa shape index (κ2) is 7.76. The standard InChI is InChI=1S/C16H28N4O2/c1-13(11-20-7-9-22-10-8-20)19(4)12-14-5-6-15(17-14)16(21)18(2)3/h5-6,13,17H,7-12H2,1-4H3. The Morgan fingerprint density at radius 2 is 2.00 bits per heavy atom. The first-order chi connectivity index (χ1) is 10.5. The van der Waals surface area contributed by atoms with Crippen LogP contribution in [0.2, 0.25) is 0 Å². The maximum Gasteiger partial charge on any atom is 0.269 e. The molecule has 6 nitrogen and oxygen atoms in total. The van der Waals surface area contributed by atoms with Gasteiger partial charge in [-0.15, -0.1) is 0 Å². The minimum atomic E-state index is 0.00951. The molecule has 1 aromatic rings. The maximum absolute atomic E-state index is 11.9. The lowest BCUT2D eigenvalue weighted by atomic mass is 10.2. The molecule has 0 bridgehead atoms. The SMILES string of the molecule is CC(CN1CCOCC1)N(C)Cc1ccc(C(=O)N(C)C)[nH]1. The molecule has 2 heterocycles. The molecule has 1 unspecified atom stereocenters. The van der Waals surface area contributed by atoms with E-state index in [1.807, 2.05) is 12.1 Å². The number of nitrogens with one attached hydrogen (secondary N) is 1. The van der Waals surface area contributed by atoms with Gasteiger partial charge in [-0.1, -0.05) is 0 Å². The van der Waals surface area contributed by atoms with Gasteiger partial charge in [0.25, 0.3) is 5.91 Å².